The van der Waals surface area contributed by atoms with Crippen molar-refractivity contribution < 1.29 is 31.1 Å². The van der Waals surface area contributed by atoms with Crippen LogP contribution in [0.3, 0.4) is 0 Å². The lowest BCUT2D eigenvalue weighted by Crippen LogP contribution is -2.16. The van der Waals surface area contributed by atoms with Crippen LogP contribution >= 0.6 is 11.8 Å². The smallest absolute Gasteiger partial charge is 0.335 e. The van der Waals surface area contributed by atoms with Crippen molar-refractivity contribution in [2.75, 3.05) is 16.4 Å². The molecule has 188 valence electrons. The number of amidine groups is 1. The molecule has 0 radical (unpaired) electrons. The zero-order chi connectivity index (χ0) is 26.1. The molecule has 36 heavy (non-hydrogen) atoms. The molecule has 12 heteroatoms. The van der Waals surface area contributed by atoms with E-state index in [1.54, 1.807) is 25.4 Å². The third-order valence-corrected chi connectivity index (χ3v) is 6.27. The van der Waals surface area contributed by atoms with Gasteiger partial charge in [-0.25, -0.2) is 0 Å². The number of aryl methyl sites for hydroxylation is 1. The van der Waals surface area contributed by atoms with Crippen LogP contribution in [-0.2, 0) is 12.4 Å². The first-order valence-electron chi connectivity index (χ1n) is 10.5. The minimum atomic E-state index is -5.02. The maximum absolute atomic E-state index is 13.1. The Hall–Kier alpha value is -3.54. The number of benzene rings is 2. The Kier molecular flexibility index (Phi) is 6.98. The van der Waals surface area contributed by atoms with Gasteiger partial charge in [0, 0.05) is 35.1 Å². The molecule has 1 unspecified atom stereocenters. The van der Waals surface area contributed by atoms with Gasteiger partial charge in [-0.3, -0.25) is 14.8 Å². The van der Waals surface area contributed by atoms with E-state index in [1.807, 2.05) is 12.1 Å². The summed E-state index contributed by atoms with van der Waals surface area (Å²) in [6.07, 6.45) is -6.65. The molecule has 1 aliphatic heterocycles. The van der Waals surface area contributed by atoms with E-state index in [-0.39, 0.29) is 17.7 Å². The van der Waals surface area contributed by atoms with E-state index in [0.717, 1.165) is 11.1 Å². The number of nitrogens with one attached hydrogen (secondary N) is 2. The summed E-state index contributed by atoms with van der Waals surface area (Å²) in [6.45, 7) is 1.78. The van der Waals surface area contributed by atoms with Crippen LogP contribution in [-0.4, -0.2) is 21.8 Å². The summed E-state index contributed by atoms with van der Waals surface area (Å²) in [6, 6.07) is 9.06. The van der Waals surface area contributed by atoms with Gasteiger partial charge in [0.15, 0.2) is 5.17 Å². The van der Waals surface area contributed by atoms with Crippen LogP contribution in [0.4, 0.5) is 37.7 Å². The number of thioether (sulfide) groups is 1. The molecule has 4 rings (SSSR count). The number of pyridine rings is 1. The van der Waals surface area contributed by atoms with Crippen LogP contribution in [0, 0.1) is 6.92 Å². The number of amides is 1. The molecule has 0 saturated heterocycles. The molecule has 2 N–H and O–H groups in total. The highest BCUT2D eigenvalue weighted by Crippen LogP contribution is 2.38. The molecule has 0 saturated carbocycles. The lowest BCUT2D eigenvalue weighted by Gasteiger charge is -2.15. The number of aromatic nitrogens is 1. The minimum Gasteiger partial charge on any atom is -0.335 e. The van der Waals surface area contributed by atoms with Crippen molar-refractivity contribution in [3.8, 4) is 0 Å². The van der Waals surface area contributed by atoms with E-state index in [9.17, 15) is 31.1 Å². The van der Waals surface area contributed by atoms with Gasteiger partial charge in [-0.2, -0.15) is 26.3 Å². The Bertz CT molecular complexity index is 1280. The van der Waals surface area contributed by atoms with Gasteiger partial charge in [-0.1, -0.05) is 23.9 Å². The van der Waals surface area contributed by atoms with E-state index in [0.29, 0.717) is 28.7 Å². The SMILES string of the molecule is Cc1ccc(C(=O)Nc2cc(C(F)(F)F)cc(C(F)(F)F)c2)cc1NC1=NC(c2cccnc2)CS1. The molecular weight excluding hydrogens is 506 g/mol. The second-order valence-corrected chi connectivity index (χ2v) is 8.96. The summed E-state index contributed by atoms with van der Waals surface area (Å²) in [5.41, 5.74) is -1.37. The van der Waals surface area contributed by atoms with Crippen molar-refractivity contribution in [3.05, 3.63) is 88.7 Å². The lowest BCUT2D eigenvalue weighted by molar-refractivity contribution is -0.143. The average molecular weight is 524 g/mol. The van der Waals surface area contributed by atoms with Crippen LogP contribution in [0.15, 0.2) is 65.9 Å². The Morgan fingerprint density at radius 2 is 1.69 bits per heavy atom. The molecule has 2 heterocycles. The highest BCUT2D eigenvalue weighted by atomic mass is 32.2. The molecule has 0 fully saturated rings. The zero-order valence-corrected chi connectivity index (χ0v) is 19.4. The number of rotatable bonds is 4. The van der Waals surface area contributed by atoms with Crippen LogP contribution in [0.5, 0.6) is 0 Å². The molecule has 2 aromatic carbocycles. The van der Waals surface area contributed by atoms with Crippen molar-refractivity contribution >= 4 is 34.2 Å². The average Bonchev–Trinajstić information content (AvgIpc) is 3.28. The third-order valence-electron chi connectivity index (χ3n) is 5.31. The molecule has 1 aliphatic rings. The first kappa shape index (κ1) is 25.5. The van der Waals surface area contributed by atoms with Crippen molar-refractivity contribution in [1.29, 1.82) is 0 Å². The van der Waals surface area contributed by atoms with Crippen molar-refractivity contribution in [2.45, 2.75) is 25.3 Å². The fourth-order valence-electron chi connectivity index (χ4n) is 3.43. The Morgan fingerprint density at radius 3 is 2.31 bits per heavy atom. The van der Waals surface area contributed by atoms with Gasteiger partial charge in [0.05, 0.1) is 17.2 Å². The first-order chi connectivity index (χ1) is 16.9. The zero-order valence-electron chi connectivity index (χ0n) is 18.5. The first-order valence-corrected chi connectivity index (χ1v) is 11.5. The Labute approximate surface area is 206 Å². The van der Waals surface area contributed by atoms with Gasteiger partial charge in [0.25, 0.3) is 5.91 Å². The number of hydrogen-bond donors (Lipinski definition) is 2. The highest BCUT2D eigenvalue weighted by Gasteiger charge is 2.37. The molecule has 1 aromatic heterocycles. The second kappa shape index (κ2) is 9.84. The standard InChI is InChI=1S/C24H18F6N4OS/c1-13-4-5-14(7-19(13)33-22-34-20(12-36-22)15-3-2-6-31-11-15)21(35)32-18-9-16(23(25,26)27)8-17(10-18)24(28,29)30/h2-11,20H,12H2,1H3,(H,32,35)(H,33,34). The van der Waals surface area contributed by atoms with Gasteiger partial charge in [-0.15, -0.1) is 0 Å². The number of carbonyl (C=O) groups excluding carboxylic acids is 1. The van der Waals surface area contributed by atoms with Crippen molar-refractivity contribution in [2.24, 2.45) is 4.99 Å². The van der Waals surface area contributed by atoms with E-state index < -0.39 is 35.1 Å². The summed E-state index contributed by atoms with van der Waals surface area (Å²) in [4.78, 5) is 21.4. The number of carbonyl (C=O) groups is 1. The highest BCUT2D eigenvalue weighted by molar-refractivity contribution is 8.14. The van der Waals surface area contributed by atoms with Gasteiger partial charge in [0.1, 0.15) is 0 Å². The maximum atomic E-state index is 13.1. The number of alkyl halides is 6. The van der Waals surface area contributed by atoms with E-state index in [2.05, 4.69) is 20.6 Å². The fraction of sp³-hybridized carbons (Fsp3) is 0.208. The molecule has 1 atom stereocenters. The van der Waals surface area contributed by atoms with Crippen LogP contribution in [0.2, 0.25) is 0 Å². The van der Waals surface area contributed by atoms with Gasteiger partial charge in [0.2, 0.25) is 0 Å². The van der Waals surface area contributed by atoms with E-state index >= 15 is 0 Å². The Balaban J connectivity index is 1.55. The summed E-state index contributed by atoms with van der Waals surface area (Å²) >= 11 is 1.47. The number of anilines is 2. The number of hydrogen-bond acceptors (Lipinski definition) is 5. The summed E-state index contributed by atoms with van der Waals surface area (Å²) in [5, 5.41) is 5.89. The van der Waals surface area contributed by atoms with Gasteiger partial charge >= 0.3 is 12.4 Å². The second-order valence-electron chi connectivity index (χ2n) is 7.95. The molecule has 1 amide bonds. The maximum Gasteiger partial charge on any atom is 0.416 e. The molecular formula is C24H18F6N4OS. The van der Waals surface area contributed by atoms with Crippen LogP contribution in [0.25, 0.3) is 0 Å². The summed E-state index contributed by atoms with van der Waals surface area (Å²) < 4.78 is 78.7. The van der Waals surface area contributed by atoms with Gasteiger partial charge in [-0.05, 0) is 54.4 Å². The largest absolute Gasteiger partial charge is 0.416 e. The monoisotopic (exact) mass is 524 g/mol. The molecule has 5 nitrogen and oxygen atoms in total. The molecule has 0 spiro atoms. The van der Waals surface area contributed by atoms with E-state index in [4.69, 9.17) is 0 Å². The summed E-state index contributed by atoms with van der Waals surface area (Å²) in [5.74, 6) is -0.176. The van der Waals surface area contributed by atoms with Gasteiger partial charge < -0.3 is 10.6 Å². The minimum absolute atomic E-state index is 0.00230. The number of aliphatic imine (C=N–C) groups is 1. The topological polar surface area (TPSA) is 66.4 Å². The van der Waals surface area contributed by atoms with Crippen molar-refractivity contribution in [1.82, 2.24) is 4.98 Å². The van der Waals surface area contributed by atoms with Crippen molar-refractivity contribution in [3.63, 3.8) is 0 Å². The van der Waals surface area contributed by atoms with E-state index in [1.165, 1.54) is 23.9 Å². The van der Waals surface area contributed by atoms with Crippen LogP contribution < -0.4 is 10.6 Å². The molecule has 0 aliphatic carbocycles. The summed E-state index contributed by atoms with van der Waals surface area (Å²) in [7, 11) is 0. The number of nitrogens with zero attached hydrogens (tertiary/aromatic N) is 2. The van der Waals surface area contributed by atoms with Crippen LogP contribution in [0.1, 0.15) is 38.7 Å². The third kappa shape index (κ3) is 5.99. The number of halogens is 6. The fourth-order valence-corrected chi connectivity index (χ4v) is 4.40. The molecule has 3 aromatic rings. The Morgan fingerprint density at radius 1 is 1.00 bits per heavy atom. The predicted octanol–water partition coefficient (Wildman–Crippen LogP) is 6.94. The molecule has 0 bridgehead atoms. The lowest BCUT2D eigenvalue weighted by atomic mass is 10.1. The normalized spacial score (nSPS) is 16.0. The predicted molar refractivity (Wildman–Crippen MR) is 126 cm³/mol. The quantitative estimate of drug-likeness (QED) is 0.363.